The number of nitrogens with two attached hydrogens (primary N) is 2. The number of nitrogens with zero attached hydrogens (tertiary/aromatic N) is 1. The topological polar surface area (TPSA) is 105 Å². The Morgan fingerprint density at radius 3 is 1.41 bits per heavy atom. The molecule has 0 aromatic carbocycles. The van der Waals surface area contributed by atoms with Gasteiger partial charge < -0.3 is 26.8 Å². The normalized spacial score (nSPS) is 11.5. The summed E-state index contributed by atoms with van der Waals surface area (Å²) in [4.78, 5) is 12.9. The van der Waals surface area contributed by atoms with Gasteiger partial charge in [0, 0.05) is 45.7 Å². The van der Waals surface area contributed by atoms with Crippen LogP contribution in [0.15, 0.2) is 0 Å². The van der Waals surface area contributed by atoms with Gasteiger partial charge in [-0.1, -0.05) is 96.3 Å². The number of nitrogens with one attached hydrogen (secondary N) is 1. The summed E-state index contributed by atoms with van der Waals surface area (Å²) in [5.74, 6) is -0.658. The van der Waals surface area contributed by atoms with Crippen molar-refractivity contribution in [2.75, 3.05) is 45.8 Å². The fraction of sp³-hybridized carbons (Fsp3) is 0.962. The van der Waals surface area contributed by atoms with E-state index < -0.39 is 5.97 Å². The molecule has 192 valence electrons. The van der Waals surface area contributed by atoms with Crippen molar-refractivity contribution in [3.8, 4) is 0 Å². The van der Waals surface area contributed by atoms with E-state index in [0.29, 0.717) is 13.0 Å². The number of rotatable bonds is 27. The molecule has 0 aliphatic carbocycles. The molecule has 0 atom stereocenters. The third-order valence-electron chi connectivity index (χ3n) is 6.24. The van der Waals surface area contributed by atoms with Crippen molar-refractivity contribution in [2.45, 2.75) is 116 Å². The van der Waals surface area contributed by atoms with Crippen molar-refractivity contribution in [1.82, 2.24) is 10.2 Å². The van der Waals surface area contributed by atoms with Crippen LogP contribution in [-0.2, 0) is 4.79 Å². The summed E-state index contributed by atoms with van der Waals surface area (Å²) in [6.45, 7) is 6.60. The van der Waals surface area contributed by atoms with Gasteiger partial charge in [-0.05, 0) is 19.4 Å². The molecule has 0 aliphatic rings. The fourth-order valence-electron chi connectivity index (χ4n) is 4.25. The molecular weight excluding hydrogens is 400 g/mol. The summed E-state index contributed by atoms with van der Waals surface area (Å²) in [5, 5.41) is 12.0. The highest BCUT2D eigenvalue weighted by Gasteiger charge is 2.03. The number of aliphatic carboxylic acids is 1. The van der Waals surface area contributed by atoms with Crippen molar-refractivity contribution in [3.63, 3.8) is 0 Å². The van der Waals surface area contributed by atoms with E-state index in [-0.39, 0.29) is 0 Å². The Bertz CT molecular complexity index is 383. The van der Waals surface area contributed by atoms with E-state index >= 15 is 0 Å². The fourth-order valence-corrected chi connectivity index (χ4v) is 4.25. The molecule has 0 saturated heterocycles. The van der Waals surface area contributed by atoms with E-state index in [1.165, 1.54) is 103 Å². The summed E-state index contributed by atoms with van der Waals surface area (Å²) in [7, 11) is 0. The molecule has 6 N–H and O–H groups in total. The maximum Gasteiger partial charge on any atom is 0.303 e. The van der Waals surface area contributed by atoms with Crippen LogP contribution in [0, 0.1) is 0 Å². The largest absolute Gasteiger partial charge is 0.481 e. The van der Waals surface area contributed by atoms with Gasteiger partial charge in [0.25, 0.3) is 0 Å². The Morgan fingerprint density at radius 2 is 1.00 bits per heavy atom. The van der Waals surface area contributed by atoms with Gasteiger partial charge in [-0.2, -0.15) is 0 Å². The van der Waals surface area contributed by atoms with Gasteiger partial charge in [-0.25, -0.2) is 0 Å². The first kappa shape index (κ1) is 31.3. The quantitative estimate of drug-likeness (QED) is 0.131. The molecule has 0 heterocycles. The number of unbranched alkanes of at least 4 members (excludes halogenated alkanes) is 16. The van der Waals surface area contributed by atoms with Gasteiger partial charge in [0.05, 0.1) is 0 Å². The van der Waals surface area contributed by atoms with Gasteiger partial charge >= 0.3 is 5.97 Å². The second kappa shape index (κ2) is 26.6. The van der Waals surface area contributed by atoms with E-state index in [1.54, 1.807) is 0 Å². The minimum Gasteiger partial charge on any atom is -0.481 e. The lowest BCUT2D eigenvalue weighted by Crippen LogP contribution is -2.37. The molecule has 0 bridgehead atoms. The molecule has 0 radical (unpaired) electrons. The van der Waals surface area contributed by atoms with Crippen LogP contribution < -0.4 is 16.8 Å². The van der Waals surface area contributed by atoms with Crippen LogP contribution in [-0.4, -0.2) is 61.8 Å². The predicted molar refractivity (Wildman–Crippen MR) is 138 cm³/mol. The summed E-state index contributed by atoms with van der Waals surface area (Å²) >= 11 is 0. The molecule has 0 aliphatic heterocycles. The third-order valence-corrected chi connectivity index (χ3v) is 6.24. The maximum atomic E-state index is 10.4. The molecule has 0 saturated carbocycles. The monoisotopic (exact) mass is 456 g/mol. The molecular formula is C26H56N4O2. The Kier molecular flexibility index (Phi) is 26.0. The van der Waals surface area contributed by atoms with Crippen LogP contribution in [0.1, 0.15) is 116 Å². The molecule has 32 heavy (non-hydrogen) atoms. The second-order valence-corrected chi connectivity index (χ2v) is 9.32. The maximum absolute atomic E-state index is 10.4. The van der Waals surface area contributed by atoms with Crippen LogP contribution in [0.25, 0.3) is 0 Å². The molecule has 0 spiro atoms. The van der Waals surface area contributed by atoms with Crippen molar-refractivity contribution >= 4 is 5.97 Å². The molecule has 0 aromatic rings. The zero-order chi connectivity index (χ0) is 23.5. The van der Waals surface area contributed by atoms with E-state index in [0.717, 1.165) is 45.6 Å². The lowest BCUT2D eigenvalue weighted by molar-refractivity contribution is -0.137. The molecule has 6 nitrogen and oxygen atoms in total. The molecule has 0 aromatic heterocycles. The molecule has 0 amide bonds. The van der Waals surface area contributed by atoms with Crippen LogP contribution in [0.4, 0.5) is 0 Å². The van der Waals surface area contributed by atoms with Gasteiger partial charge in [0.2, 0.25) is 0 Å². The Balaban J connectivity index is 3.24. The third kappa shape index (κ3) is 25.6. The summed E-state index contributed by atoms with van der Waals surface area (Å²) in [5.41, 5.74) is 11.3. The number of carbonyl (C=O) groups is 1. The lowest BCUT2D eigenvalue weighted by Gasteiger charge is -2.21. The van der Waals surface area contributed by atoms with Crippen LogP contribution in [0.5, 0.6) is 0 Å². The summed E-state index contributed by atoms with van der Waals surface area (Å²) in [6.07, 6.45) is 22.6. The van der Waals surface area contributed by atoms with Crippen LogP contribution in [0.2, 0.25) is 0 Å². The lowest BCUT2D eigenvalue weighted by atomic mass is 10.0. The van der Waals surface area contributed by atoms with Gasteiger partial charge in [0.15, 0.2) is 0 Å². The smallest absolute Gasteiger partial charge is 0.303 e. The number of hydrogen-bond acceptors (Lipinski definition) is 5. The Morgan fingerprint density at radius 1 is 0.562 bits per heavy atom. The van der Waals surface area contributed by atoms with Gasteiger partial charge in [-0.3, -0.25) is 4.79 Å². The van der Waals surface area contributed by atoms with Crippen molar-refractivity contribution in [3.05, 3.63) is 0 Å². The highest BCUT2D eigenvalue weighted by molar-refractivity contribution is 5.66. The number of carboxylic acid groups (broad SMARTS) is 1. The average Bonchev–Trinajstić information content (AvgIpc) is 2.77. The van der Waals surface area contributed by atoms with E-state index in [9.17, 15) is 4.79 Å². The minimum atomic E-state index is -0.658. The average molecular weight is 457 g/mol. The van der Waals surface area contributed by atoms with E-state index in [2.05, 4.69) is 10.2 Å². The van der Waals surface area contributed by atoms with Gasteiger partial charge in [0.1, 0.15) is 0 Å². The first-order chi connectivity index (χ1) is 15.7. The van der Waals surface area contributed by atoms with Crippen LogP contribution in [0.3, 0.4) is 0 Å². The molecule has 0 rings (SSSR count). The summed E-state index contributed by atoms with van der Waals surface area (Å²) < 4.78 is 0. The zero-order valence-corrected chi connectivity index (χ0v) is 21.1. The number of hydrogen-bond donors (Lipinski definition) is 4. The first-order valence-corrected chi connectivity index (χ1v) is 13.8. The molecule has 0 unspecified atom stereocenters. The summed E-state index contributed by atoms with van der Waals surface area (Å²) in [6, 6.07) is 0. The molecule has 6 heteroatoms. The highest BCUT2D eigenvalue weighted by Crippen LogP contribution is 2.14. The minimum absolute atomic E-state index is 0.336. The second-order valence-electron chi connectivity index (χ2n) is 9.32. The van der Waals surface area contributed by atoms with Gasteiger partial charge in [-0.15, -0.1) is 0 Å². The Hall–Kier alpha value is -0.690. The standard InChI is InChI=1S/C26H56N4O2/c27-19-21-29-22-25-30(24-20-28)23-17-15-13-11-9-7-5-3-1-2-4-6-8-10-12-14-16-18-26(31)32/h29H,1-25,27-28H2,(H,31,32). The van der Waals surface area contributed by atoms with Crippen molar-refractivity contribution < 1.29 is 9.90 Å². The van der Waals surface area contributed by atoms with Crippen molar-refractivity contribution in [1.29, 1.82) is 0 Å². The number of carboxylic acids is 1. The Labute approximate surface area is 199 Å². The van der Waals surface area contributed by atoms with E-state index in [4.69, 9.17) is 16.6 Å². The zero-order valence-electron chi connectivity index (χ0n) is 21.1. The molecule has 0 fully saturated rings. The predicted octanol–water partition coefficient (Wildman–Crippen LogP) is 4.90. The SMILES string of the molecule is NCCNCCN(CCN)CCCCCCCCCCCCCCCCCCCC(=O)O. The first-order valence-electron chi connectivity index (χ1n) is 13.8. The highest BCUT2D eigenvalue weighted by atomic mass is 16.4. The van der Waals surface area contributed by atoms with Crippen molar-refractivity contribution in [2.24, 2.45) is 11.5 Å². The van der Waals surface area contributed by atoms with E-state index in [1.807, 2.05) is 0 Å². The van der Waals surface area contributed by atoms with Crippen LogP contribution >= 0.6 is 0 Å².